The second kappa shape index (κ2) is 59.0. The van der Waals surface area contributed by atoms with E-state index in [-0.39, 0.29) is 25.7 Å². The molecule has 0 saturated heterocycles. The van der Waals surface area contributed by atoms with Crippen LogP contribution < -0.4 is 0 Å². The van der Waals surface area contributed by atoms with Crippen molar-refractivity contribution >= 4 is 39.5 Å². The molecule has 83 heavy (non-hydrogen) atoms. The topological polar surface area (TPSA) is 237 Å². The molecule has 0 heterocycles. The third-order valence-electron chi connectivity index (χ3n) is 14.9. The molecule has 0 rings (SSSR count). The lowest BCUT2D eigenvalue weighted by atomic mass is 10.0. The summed E-state index contributed by atoms with van der Waals surface area (Å²) in [6.45, 7) is 4.84. The Bertz CT molecular complexity index is 1600. The summed E-state index contributed by atoms with van der Waals surface area (Å²) in [5, 5.41) is 10.5. The number of carbonyl (C=O) groups excluding carboxylic acids is 4. The number of unbranched alkanes of at least 4 members (excludes halogenated alkanes) is 39. The number of hydrogen-bond donors (Lipinski definition) is 3. The van der Waals surface area contributed by atoms with E-state index in [9.17, 15) is 43.2 Å². The number of rotatable bonds is 65. The fourth-order valence-electron chi connectivity index (χ4n) is 9.63. The van der Waals surface area contributed by atoms with E-state index in [1.165, 1.54) is 148 Å². The predicted molar refractivity (Wildman–Crippen MR) is 331 cm³/mol. The minimum Gasteiger partial charge on any atom is -0.462 e. The molecule has 19 heteroatoms. The molecule has 0 aliphatic rings. The first-order valence-electron chi connectivity index (χ1n) is 33.8. The van der Waals surface area contributed by atoms with Crippen molar-refractivity contribution in [1.29, 1.82) is 0 Å². The molecule has 0 amide bonds. The van der Waals surface area contributed by atoms with Gasteiger partial charge in [-0.1, -0.05) is 278 Å². The van der Waals surface area contributed by atoms with E-state index in [0.29, 0.717) is 25.7 Å². The number of hydrogen-bond acceptors (Lipinski definition) is 15. The molecule has 0 radical (unpaired) electrons. The van der Waals surface area contributed by atoms with Crippen LogP contribution in [0, 0.1) is 0 Å². The average Bonchev–Trinajstić information content (AvgIpc) is 3.46. The molecule has 492 valence electrons. The maximum absolute atomic E-state index is 13.0. The zero-order valence-corrected chi connectivity index (χ0v) is 54.9. The average molecular weight is 1230 g/mol. The zero-order valence-electron chi connectivity index (χ0n) is 53.2. The van der Waals surface area contributed by atoms with Gasteiger partial charge in [-0.25, -0.2) is 9.13 Å². The molecular formula is C64H124O17P2. The van der Waals surface area contributed by atoms with Crippen molar-refractivity contribution in [3.63, 3.8) is 0 Å². The van der Waals surface area contributed by atoms with Gasteiger partial charge in [-0.15, -0.1) is 0 Å². The minimum absolute atomic E-state index is 0.105. The summed E-state index contributed by atoms with van der Waals surface area (Å²) in [5.41, 5.74) is 0. The van der Waals surface area contributed by atoms with Crippen LogP contribution in [0.15, 0.2) is 0 Å². The number of phosphoric ester groups is 2. The largest absolute Gasteiger partial charge is 0.472 e. The molecule has 0 saturated carbocycles. The highest BCUT2D eigenvalue weighted by Gasteiger charge is 2.30. The van der Waals surface area contributed by atoms with Gasteiger partial charge in [0.25, 0.3) is 0 Å². The lowest BCUT2D eigenvalue weighted by Gasteiger charge is -2.21. The van der Waals surface area contributed by atoms with Gasteiger partial charge in [0.1, 0.15) is 19.3 Å². The van der Waals surface area contributed by atoms with Gasteiger partial charge in [0.05, 0.1) is 26.4 Å². The zero-order chi connectivity index (χ0) is 61.2. The monoisotopic (exact) mass is 1230 g/mol. The summed E-state index contributed by atoms with van der Waals surface area (Å²) in [7, 11) is -9.88. The van der Waals surface area contributed by atoms with Crippen molar-refractivity contribution < 1.29 is 80.2 Å². The van der Waals surface area contributed by atoms with E-state index in [2.05, 4.69) is 27.7 Å². The number of esters is 4. The van der Waals surface area contributed by atoms with Gasteiger partial charge in [-0.05, 0) is 25.7 Å². The maximum Gasteiger partial charge on any atom is 0.472 e. The SMILES string of the molecule is CCCCCCCCCCCCCCCCCCC(=O)O[C@H](COC(=O)CCCCCCCCCCCCC)COP(=O)(O)OC[C@@H](O)COP(=O)(O)OC[C@@H](COC(=O)CCCCCCCCCC)OC(=O)CCCCCCCCCC. The number of aliphatic hydroxyl groups is 1. The smallest absolute Gasteiger partial charge is 0.462 e. The second-order valence-corrected chi connectivity index (χ2v) is 26.1. The van der Waals surface area contributed by atoms with Crippen LogP contribution in [0.3, 0.4) is 0 Å². The van der Waals surface area contributed by atoms with E-state index in [1.807, 2.05) is 0 Å². The first-order valence-corrected chi connectivity index (χ1v) is 36.8. The molecular weight excluding hydrogens is 1100 g/mol. The number of phosphoric acid groups is 2. The number of carbonyl (C=O) groups is 4. The van der Waals surface area contributed by atoms with Crippen molar-refractivity contribution in [2.75, 3.05) is 39.6 Å². The molecule has 0 bridgehead atoms. The van der Waals surface area contributed by atoms with Crippen molar-refractivity contribution in [3.05, 3.63) is 0 Å². The van der Waals surface area contributed by atoms with Crippen LogP contribution in [0.1, 0.15) is 329 Å². The van der Waals surface area contributed by atoms with Gasteiger partial charge in [0.2, 0.25) is 0 Å². The highest BCUT2D eigenvalue weighted by molar-refractivity contribution is 7.47. The molecule has 0 aromatic rings. The summed E-state index contributed by atoms with van der Waals surface area (Å²) >= 11 is 0. The van der Waals surface area contributed by atoms with Crippen LogP contribution in [0.25, 0.3) is 0 Å². The summed E-state index contributed by atoms with van der Waals surface area (Å²) in [4.78, 5) is 72.1. The van der Waals surface area contributed by atoms with Crippen LogP contribution >= 0.6 is 15.6 Å². The molecule has 17 nitrogen and oxygen atoms in total. The van der Waals surface area contributed by atoms with E-state index < -0.39 is 97.5 Å². The van der Waals surface area contributed by atoms with E-state index in [4.69, 9.17) is 37.0 Å². The Morgan fingerprint density at radius 2 is 0.482 bits per heavy atom. The third-order valence-corrected chi connectivity index (χ3v) is 16.8. The van der Waals surface area contributed by atoms with Crippen LogP contribution in [0.5, 0.6) is 0 Å². The quantitative estimate of drug-likeness (QED) is 0.0222. The third kappa shape index (κ3) is 58.8. The summed E-state index contributed by atoms with van der Waals surface area (Å²) < 4.78 is 67.9. The standard InChI is InChI=1S/C64H124O17P2/c1-5-9-13-17-21-25-27-28-29-30-31-33-35-39-43-47-51-64(69)81-60(55-75-62(67)49-45-41-38-34-32-26-22-18-14-10-6-2)57-79-83(72,73)77-53-58(65)52-76-82(70,71)78-56-59(80-63(68)50-46-42-37-24-20-16-12-8-4)54-74-61(66)48-44-40-36-23-19-15-11-7-3/h58-60,65H,5-57H2,1-4H3,(H,70,71)(H,72,73)/t58-,59+,60+/m0/s1. The van der Waals surface area contributed by atoms with Crippen LogP contribution in [0.4, 0.5) is 0 Å². The Morgan fingerprint density at radius 3 is 0.711 bits per heavy atom. The summed E-state index contributed by atoms with van der Waals surface area (Å²) in [6, 6.07) is 0. The summed E-state index contributed by atoms with van der Waals surface area (Å²) in [5.74, 6) is -2.13. The van der Waals surface area contributed by atoms with E-state index in [0.717, 1.165) is 103 Å². The van der Waals surface area contributed by atoms with Gasteiger partial charge in [0.15, 0.2) is 12.2 Å². The fraction of sp³-hybridized carbons (Fsp3) is 0.938. The first-order chi connectivity index (χ1) is 40.2. The molecule has 0 aliphatic heterocycles. The van der Waals surface area contributed by atoms with Gasteiger partial charge in [-0.2, -0.15) is 0 Å². The minimum atomic E-state index is -4.94. The molecule has 2 unspecified atom stereocenters. The Labute approximate surface area is 505 Å². The normalized spacial score (nSPS) is 14.2. The van der Waals surface area contributed by atoms with Crippen molar-refractivity contribution in [1.82, 2.24) is 0 Å². The molecule has 0 fully saturated rings. The van der Waals surface area contributed by atoms with E-state index in [1.54, 1.807) is 0 Å². The van der Waals surface area contributed by atoms with Crippen molar-refractivity contribution in [2.24, 2.45) is 0 Å². The molecule has 0 aliphatic carbocycles. The van der Waals surface area contributed by atoms with Gasteiger partial charge >= 0.3 is 39.5 Å². The Morgan fingerprint density at radius 1 is 0.289 bits per heavy atom. The van der Waals surface area contributed by atoms with Gasteiger partial charge in [-0.3, -0.25) is 37.3 Å². The van der Waals surface area contributed by atoms with Gasteiger partial charge < -0.3 is 33.8 Å². The van der Waals surface area contributed by atoms with Gasteiger partial charge in [0, 0.05) is 25.7 Å². The molecule has 0 aromatic heterocycles. The summed E-state index contributed by atoms with van der Waals surface area (Å²) in [6.07, 6.45) is 44.5. The number of ether oxygens (including phenoxy) is 4. The van der Waals surface area contributed by atoms with E-state index >= 15 is 0 Å². The molecule has 0 aromatic carbocycles. The highest BCUT2D eigenvalue weighted by Crippen LogP contribution is 2.45. The fourth-order valence-corrected chi connectivity index (χ4v) is 11.2. The highest BCUT2D eigenvalue weighted by atomic mass is 31.2. The predicted octanol–water partition coefficient (Wildman–Crippen LogP) is 17.9. The molecule has 5 atom stereocenters. The lowest BCUT2D eigenvalue weighted by Crippen LogP contribution is -2.30. The van der Waals surface area contributed by atoms with Crippen LogP contribution in [-0.2, 0) is 65.4 Å². The Balaban J connectivity index is 5.18. The maximum atomic E-state index is 13.0. The van der Waals surface area contributed by atoms with Crippen LogP contribution in [0.2, 0.25) is 0 Å². The molecule has 3 N–H and O–H groups in total. The van der Waals surface area contributed by atoms with Crippen molar-refractivity contribution in [2.45, 2.75) is 348 Å². The Kier molecular flexibility index (Phi) is 57.7. The molecule has 0 spiro atoms. The van der Waals surface area contributed by atoms with Crippen LogP contribution in [-0.4, -0.2) is 96.7 Å². The second-order valence-electron chi connectivity index (χ2n) is 23.2. The van der Waals surface area contributed by atoms with Crippen molar-refractivity contribution in [3.8, 4) is 0 Å². The number of aliphatic hydroxyl groups excluding tert-OH is 1. The first kappa shape index (κ1) is 81.1. The Hall–Kier alpha value is -1.94. The lowest BCUT2D eigenvalue weighted by molar-refractivity contribution is -0.161.